The van der Waals surface area contributed by atoms with Crippen LogP contribution in [0.15, 0.2) is 39.7 Å². The van der Waals surface area contributed by atoms with E-state index >= 15 is 0 Å². The van der Waals surface area contributed by atoms with E-state index < -0.39 is 5.91 Å². The van der Waals surface area contributed by atoms with Gasteiger partial charge in [-0.1, -0.05) is 18.2 Å². The zero-order valence-electron chi connectivity index (χ0n) is 11.2. The lowest BCUT2D eigenvalue weighted by atomic mass is 10.1. The molecule has 106 valence electrons. The first-order valence-electron chi connectivity index (χ1n) is 6.32. The third-order valence-electron chi connectivity index (χ3n) is 2.98. The second-order valence-corrected chi connectivity index (χ2v) is 4.49. The number of amides is 1. The van der Waals surface area contributed by atoms with Crippen LogP contribution in [0.1, 0.15) is 22.1 Å². The fourth-order valence-electron chi connectivity index (χ4n) is 2.01. The maximum Gasteiger partial charge on any atom is 0.272 e. The van der Waals surface area contributed by atoms with Crippen molar-refractivity contribution in [3.63, 3.8) is 0 Å². The smallest absolute Gasteiger partial charge is 0.272 e. The maximum absolute atomic E-state index is 12.2. The minimum Gasteiger partial charge on any atom is -0.444 e. The van der Waals surface area contributed by atoms with E-state index in [1.54, 1.807) is 37.4 Å². The van der Waals surface area contributed by atoms with Crippen molar-refractivity contribution in [2.45, 2.75) is 13.5 Å². The molecule has 7 heteroatoms. The SMILES string of the molecule is Cc1cnc(CNC(=O)c2n[nH]c(=O)c3ccccc23)o1. The molecule has 0 radical (unpaired) electrons. The molecule has 0 aliphatic rings. The van der Waals surface area contributed by atoms with Gasteiger partial charge in [0.1, 0.15) is 5.76 Å². The number of H-pyrrole nitrogens is 1. The quantitative estimate of drug-likeness (QED) is 0.751. The number of nitrogens with one attached hydrogen (secondary N) is 2. The lowest BCUT2D eigenvalue weighted by Gasteiger charge is -2.04. The Balaban J connectivity index is 1.88. The predicted octanol–water partition coefficient (Wildman–Crippen LogP) is 1.15. The van der Waals surface area contributed by atoms with E-state index in [0.717, 1.165) is 0 Å². The van der Waals surface area contributed by atoms with E-state index in [9.17, 15) is 9.59 Å². The van der Waals surface area contributed by atoms with Crippen LogP contribution in [0.5, 0.6) is 0 Å². The summed E-state index contributed by atoms with van der Waals surface area (Å²) in [4.78, 5) is 27.8. The van der Waals surface area contributed by atoms with E-state index in [-0.39, 0.29) is 17.8 Å². The van der Waals surface area contributed by atoms with Gasteiger partial charge in [-0.05, 0) is 13.0 Å². The molecule has 2 N–H and O–H groups in total. The highest BCUT2D eigenvalue weighted by molar-refractivity contribution is 6.04. The van der Waals surface area contributed by atoms with Crippen LogP contribution >= 0.6 is 0 Å². The van der Waals surface area contributed by atoms with E-state index in [4.69, 9.17) is 4.42 Å². The molecule has 3 aromatic rings. The highest BCUT2D eigenvalue weighted by atomic mass is 16.4. The predicted molar refractivity (Wildman–Crippen MR) is 74.8 cm³/mol. The van der Waals surface area contributed by atoms with Crippen molar-refractivity contribution in [1.29, 1.82) is 0 Å². The van der Waals surface area contributed by atoms with Crippen molar-refractivity contribution in [1.82, 2.24) is 20.5 Å². The molecule has 0 spiro atoms. The molecule has 1 aromatic carbocycles. The topological polar surface area (TPSA) is 101 Å². The summed E-state index contributed by atoms with van der Waals surface area (Å²) in [5.74, 6) is 0.680. The number of nitrogens with zero attached hydrogens (tertiary/aromatic N) is 2. The third-order valence-corrected chi connectivity index (χ3v) is 2.98. The Labute approximate surface area is 119 Å². The van der Waals surface area contributed by atoms with Crippen LogP contribution in [-0.2, 0) is 6.54 Å². The van der Waals surface area contributed by atoms with Crippen LogP contribution < -0.4 is 10.9 Å². The molecule has 0 aliphatic carbocycles. The van der Waals surface area contributed by atoms with Gasteiger partial charge in [0.2, 0.25) is 5.89 Å². The Bertz CT molecular complexity index is 866. The number of fused-ring (bicyclic) bond motifs is 1. The van der Waals surface area contributed by atoms with Crippen LogP contribution in [0.4, 0.5) is 0 Å². The molecular weight excluding hydrogens is 272 g/mol. The Morgan fingerprint density at radius 2 is 2.10 bits per heavy atom. The number of aromatic nitrogens is 3. The minimum absolute atomic E-state index is 0.155. The Kier molecular flexibility index (Phi) is 3.23. The molecule has 7 nitrogen and oxygen atoms in total. The van der Waals surface area contributed by atoms with Gasteiger partial charge in [-0.15, -0.1) is 0 Å². The van der Waals surface area contributed by atoms with Gasteiger partial charge >= 0.3 is 0 Å². The minimum atomic E-state index is -0.404. The summed E-state index contributed by atoms with van der Waals surface area (Å²) in [7, 11) is 0. The Hall–Kier alpha value is -2.96. The fourth-order valence-corrected chi connectivity index (χ4v) is 2.01. The Morgan fingerprint density at radius 1 is 1.33 bits per heavy atom. The first kappa shape index (κ1) is 13.0. The van der Waals surface area contributed by atoms with Crippen molar-refractivity contribution in [2.75, 3.05) is 0 Å². The van der Waals surface area contributed by atoms with Gasteiger partial charge in [-0.2, -0.15) is 5.10 Å². The molecule has 0 saturated heterocycles. The average Bonchev–Trinajstić information content (AvgIpc) is 2.91. The highest BCUT2D eigenvalue weighted by Crippen LogP contribution is 2.12. The number of rotatable bonds is 3. The summed E-state index contributed by atoms with van der Waals surface area (Å²) >= 11 is 0. The number of hydrogen-bond acceptors (Lipinski definition) is 5. The van der Waals surface area contributed by atoms with Crippen LogP contribution in [0.2, 0.25) is 0 Å². The lowest BCUT2D eigenvalue weighted by molar-refractivity contribution is 0.0943. The van der Waals surface area contributed by atoms with E-state index in [2.05, 4.69) is 20.5 Å². The molecule has 1 amide bonds. The first-order valence-corrected chi connectivity index (χ1v) is 6.32. The number of hydrogen-bond donors (Lipinski definition) is 2. The second-order valence-electron chi connectivity index (χ2n) is 4.49. The zero-order valence-corrected chi connectivity index (χ0v) is 11.2. The number of benzene rings is 1. The van der Waals surface area contributed by atoms with Gasteiger partial charge in [0.15, 0.2) is 5.69 Å². The van der Waals surface area contributed by atoms with Crippen molar-refractivity contribution in [3.8, 4) is 0 Å². The summed E-state index contributed by atoms with van der Waals surface area (Å²) in [6.45, 7) is 1.93. The number of carbonyl (C=O) groups is 1. The highest BCUT2D eigenvalue weighted by Gasteiger charge is 2.14. The first-order chi connectivity index (χ1) is 10.1. The van der Waals surface area contributed by atoms with Crippen LogP contribution in [-0.4, -0.2) is 21.1 Å². The zero-order chi connectivity index (χ0) is 14.8. The van der Waals surface area contributed by atoms with E-state index in [1.165, 1.54) is 0 Å². The number of oxazole rings is 1. The van der Waals surface area contributed by atoms with Gasteiger partial charge in [0.25, 0.3) is 11.5 Å². The van der Waals surface area contributed by atoms with Gasteiger partial charge in [0.05, 0.1) is 18.1 Å². The normalized spacial score (nSPS) is 10.7. The third kappa shape index (κ3) is 2.53. The largest absolute Gasteiger partial charge is 0.444 e. The molecule has 0 bridgehead atoms. The second kappa shape index (κ2) is 5.20. The lowest BCUT2D eigenvalue weighted by Crippen LogP contribution is -2.26. The van der Waals surface area contributed by atoms with Crippen molar-refractivity contribution in [3.05, 3.63) is 58.2 Å². The Morgan fingerprint density at radius 3 is 2.81 bits per heavy atom. The van der Waals surface area contributed by atoms with Crippen LogP contribution in [0.25, 0.3) is 10.8 Å². The summed E-state index contributed by atoms with van der Waals surface area (Å²) in [6, 6.07) is 6.80. The molecule has 0 atom stereocenters. The van der Waals surface area contributed by atoms with E-state index in [1.807, 2.05) is 0 Å². The fraction of sp³-hybridized carbons (Fsp3) is 0.143. The average molecular weight is 284 g/mol. The monoisotopic (exact) mass is 284 g/mol. The summed E-state index contributed by atoms with van der Waals surface area (Å²) in [5.41, 5.74) is -0.168. The molecule has 21 heavy (non-hydrogen) atoms. The summed E-state index contributed by atoms with van der Waals surface area (Å²) in [6.07, 6.45) is 1.58. The summed E-state index contributed by atoms with van der Waals surface area (Å²) < 4.78 is 5.27. The van der Waals surface area contributed by atoms with Gasteiger partial charge in [-0.25, -0.2) is 10.1 Å². The van der Waals surface area contributed by atoms with Gasteiger partial charge in [0, 0.05) is 5.39 Å². The van der Waals surface area contributed by atoms with E-state index in [0.29, 0.717) is 22.4 Å². The standard InChI is InChI=1S/C14H12N4O3/c1-8-6-15-11(21-8)7-16-14(20)12-9-4-2-3-5-10(9)13(19)18-17-12/h2-6H,7H2,1H3,(H,16,20)(H,18,19). The van der Waals surface area contributed by atoms with Crippen molar-refractivity contribution in [2.24, 2.45) is 0 Å². The molecular formula is C14H12N4O3. The maximum atomic E-state index is 12.2. The molecule has 2 heterocycles. The molecule has 0 aliphatic heterocycles. The van der Waals surface area contributed by atoms with Crippen molar-refractivity contribution < 1.29 is 9.21 Å². The van der Waals surface area contributed by atoms with Gasteiger partial charge in [-0.3, -0.25) is 9.59 Å². The van der Waals surface area contributed by atoms with Crippen LogP contribution in [0.3, 0.4) is 0 Å². The molecule has 0 saturated carbocycles. The van der Waals surface area contributed by atoms with Crippen molar-refractivity contribution >= 4 is 16.7 Å². The number of aryl methyl sites for hydroxylation is 1. The van der Waals surface area contributed by atoms with Gasteiger partial charge < -0.3 is 9.73 Å². The molecule has 2 aromatic heterocycles. The summed E-state index contributed by atoms with van der Waals surface area (Å²) in [5, 5.41) is 9.73. The molecule has 3 rings (SSSR count). The number of aromatic amines is 1. The number of carbonyl (C=O) groups excluding carboxylic acids is 1. The van der Waals surface area contributed by atoms with Crippen LogP contribution in [0, 0.1) is 6.92 Å². The molecule has 0 unspecified atom stereocenters. The molecule has 0 fully saturated rings.